The van der Waals surface area contributed by atoms with Crippen LogP contribution in [0.1, 0.15) is 19.5 Å². The van der Waals surface area contributed by atoms with E-state index in [1.165, 1.54) is 0 Å². The summed E-state index contributed by atoms with van der Waals surface area (Å²) in [6.07, 6.45) is 0. The molecule has 0 aliphatic carbocycles. The van der Waals surface area contributed by atoms with Crippen LogP contribution in [0, 0.1) is 6.92 Å². The number of halogens is 1. The van der Waals surface area contributed by atoms with Gasteiger partial charge in [-0.2, -0.15) is 0 Å². The molecule has 0 unspecified atom stereocenters. The SMILES string of the molecule is CCN(CC)CCNc1cc(C)nc2nc3cc(Cl)ccc3n12. The van der Waals surface area contributed by atoms with Crippen molar-refractivity contribution >= 4 is 34.2 Å². The lowest BCUT2D eigenvalue weighted by molar-refractivity contribution is 0.316. The number of nitrogens with one attached hydrogen (secondary N) is 1. The maximum absolute atomic E-state index is 6.08. The standard InChI is InChI=1S/C17H22ClN5/c1-4-22(5-2)9-8-19-16-10-12(3)20-17-21-14-11-13(18)6-7-15(14)23(16)17/h6-7,10-11,19H,4-5,8-9H2,1-3H3. The fraction of sp³-hybridized carbons (Fsp3) is 0.412. The molecule has 6 heteroatoms. The fourth-order valence-electron chi connectivity index (χ4n) is 2.82. The molecule has 0 amide bonds. The van der Waals surface area contributed by atoms with Crippen molar-refractivity contribution in [1.82, 2.24) is 19.3 Å². The molecule has 0 saturated carbocycles. The second-order valence-corrected chi connectivity index (χ2v) is 6.05. The molecule has 0 radical (unpaired) electrons. The van der Waals surface area contributed by atoms with E-state index >= 15 is 0 Å². The molecule has 3 aromatic rings. The summed E-state index contributed by atoms with van der Waals surface area (Å²) in [5.41, 5.74) is 2.83. The number of aryl methyl sites for hydroxylation is 1. The van der Waals surface area contributed by atoms with E-state index in [2.05, 4.69) is 44.5 Å². The highest BCUT2D eigenvalue weighted by Gasteiger charge is 2.11. The van der Waals surface area contributed by atoms with Gasteiger partial charge in [-0.05, 0) is 38.2 Å². The Labute approximate surface area is 141 Å². The summed E-state index contributed by atoms with van der Waals surface area (Å²) in [5.74, 6) is 1.72. The van der Waals surface area contributed by atoms with E-state index < -0.39 is 0 Å². The molecular weight excluding hydrogens is 310 g/mol. The van der Waals surface area contributed by atoms with E-state index in [0.29, 0.717) is 10.8 Å². The van der Waals surface area contributed by atoms with Gasteiger partial charge in [0.25, 0.3) is 0 Å². The Morgan fingerprint density at radius 3 is 2.70 bits per heavy atom. The van der Waals surface area contributed by atoms with Gasteiger partial charge in [0.05, 0.1) is 11.0 Å². The molecule has 0 aliphatic heterocycles. The Morgan fingerprint density at radius 1 is 1.17 bits per heavy atom. The van der Waals surface area contributed by atoms with E-state index in [4.69, 9.17) is 11.6 Å². The van der Waals surface area contributed by atoms with Gasteiger partial charge in [-0.25, -0.2) is 9.97 Å². The van der Waals surface area contributed by atoms with Crippen LogP contribution in [0.15, 0.2) is 24.3 Å². The van der Waals surface area contributed by atoms with Crippen LogP contribution >= 0.6 is 11.6 Å². The van der Waals surface area contributed by atoms with Gasteiger partial charge < -0.3 is 10.2 Å². The smallest absolute Gasteiger partial charge is 0.236 e. The predicted molar refractivity (Wildman–Crippen MR) is 96.5 cm³/mol. The van der Waals surface area contributed by atoms with Crippen LogP contribution in [0.25, 0.3) is 16.8 Å². The zero-order chi connectivity index (χ0) is 16.4. The lowest BCUT2D eigenvalue weighted by Gasteiger charge is -2.19. The molecule has 0 atom stereocenters. The Balaban J connectivity index is 1.97. The van der Waals surface area contributed by atoms with E-state index in [1.807, 2.05) is 25.1 Å². The first-order chi connectivity index (χ1) is 11.1. The van der Waals surface area contributed by atoms with Crippen molar-refractivity contribution in [3.8, 4) is 0 Å². The molecule has 0 bridgehead atoms. The number of benzene rings is 1. The molecule has 1 aromatic carbocycles. The number of hydrogen-bond acceptors (Lipinski definition) is 4. The van der Waals surface area contributed by atoms with Crippen molar-refractivity contribution in [2.75, 3.05) is 31.5 Å². The fourth-order valence-corrected chi connectivity index (χ4v) is 2.98. The van der Waals surface area contributed by atoms with Gasteiger partial charge in [-0.3, -0.25) is 4.40 Å². The van der Waals surface area contributed by atoms with Crippen LogP contribution < -0.4 is 5.32 Å². The molecule has 2 aromatic heterocycles. The Hall–Kier alpha value is -1.85. The van der Waals surface area contributed by atoms with E-state index in [9.17, 15) is 0 Å². The zero-order valence-electron chi connectivity index (χ0n) is 13.8. The lowest BCUT2D eigenvalue weighted by atomic mass is 10.3. The van der Waals surface area contributed by atoms with E-state index in [1.54, 1.807) is 0 Å². The number of rotatable bonds is 6. The van der Waals surface area contributed by atoms with Crippen molar-refractivity contribution in [1.29, 1.82) is 0 Å². The van der Waals surface area contributed by atoms with Gasteiger partial charge in [-0.1, -0.05) is 25.4 Å². The summed E-state index contributed by atoms with van der Waals surface area (Å²) in [7, 11) is 0. The summed E-state index contributed by atoms with van der Waals surface area (Å²) in [5, 5.41) is 4.22. The van der Waals surface area contributed by atoms with E-state index in [-0.39, 0.29) is 0 Å². The van der Waals surface area contributed by atoms with Crippen LogP contribution in [0.4, 0.5) is 5.82 Å². The molecule has 1 N–H and O–H groups in total. The number of aromatic nitrogens is 3. The molecule has 122 valence electrons. The normalized spacial score (nSPS) is 11.7. The minimum Gasteiger partial charge on any atom is -0.370 e. The molecule has 3 rings (SSSR count). The monoisotopic (exact) mass is 331 g/mol. The number of likely N-dealkylation sites (N-methyl/N-ethyl adjacent to an activating group) is 1. The average molecular weight is 332 g/mol. The second-order valence-electron chi connectivity index (χ2n) is 5.62. The Bertz CT molecular complexity index is 823. The molecular formula is C17H22ClN5. The minimum atomic E-state index is 0.689. The van der Waals surface area contributed by atoms with Gasteiger partial charge in [0.2, 0.25) is 5.78 Å². The summed E-state index contributed by atoms with van der Waals surface area (Å²) in [4.78, 5) is 11.5. The third kappa shape index (κ3) is 3.26. The van der Waals surface area contributed by atoms with Crippen molar-refractivity contribution in [3.63, 3.8) is 0 Å². The lowest BCUT2D eigenvalue weighted by Crippen LogP contribution is -2.29. The zero-order valence-corrected chi connectivity index (χ0v) is 14.6. The van der Waals surface area contributed by atoms with Crippen LogP contribution in [-0.4, -0.2) is 45.4 Å². The van der Waals surface area contributed by atoms with Crippen LogP contribution in [0.3, 0.4) is 0 Å². The highest BCUT2D eigenvalue weighted by atomic mass is 35.5. The van der Waals surface area contributed by atoms with Crippen molar-refractivity contribution in [2.24, 2.45) is 0 Å². The highest BCUT2D eigenvalue weighted by molar-refractivity contribution is 6.31. The topological polar surface area (TPSA) is 45.5 Å². The third-order valence-corrected chi connectivity index (χ3v) is 4.33. The minimum absolute atomic E-state index is 0.689. The maximum atomic E-state index is 6.08. The van der Waals surface area contributed by atoms with Crippen molar-refractivity contribution < 1.29 is 0 Å². The molecule has 2 heterocycles. The number of anilines is 1. The molecule has 0 saturated heterocycles. The van der Waals surface area contributed by atoms with Crippen molar-refractivity contribution in [3.05, 3.63) is 35.0 Å². The molecule has 0 spiro atoms. The van der Waals surface area contributed by atoms with Crippen molar-refractivity contribution in [2.45, 2.75) is 20.8 Å². The maximum Gasteiger partial charge on any atom is 0.236 e. The predicted octanol–water partition coefficient (Wildman–Crippen LogP) is 3.60. The molecule has 0 aliphatic rings. The first kappa shape index (κ1) is 16.0. The number of imidazole rings is 1. The summed E-state index contributed by atoms with van der Waals surface area (Å²) in [6, 6.07) is 7.81. The average Bonchev–Trinajstić information content (AvgIpc) is 2.88. The number of nitrogens with zero attached hydrogens (tertiary/aromatic N) is 4. The quantitative estimate of drug-likeness (QED) is 0.749. The van der Waals surface area contributed by atoms with Gasteiger partial charge in [0, 0.05) is 29.9 Å². The van der Waals surface area contributed by atoms with Crippen LogP contribution in [0.5, 0.6) is 0 Å². The first-order valence-corrected chi connectivity index (χ1v) is 8.41. The largest absolute Gasteiger partial charge is 0.370 e. The van der Waals surface area contributed by atoms with Gasteiger partial charge in [0.15, 0.2) is 0 Å². The van der Waals surface area contributed by atoms with E-state index in [0.717, 1.165) is 48.7 Å². The third-order valence-electron chi connectivity index (χ3n) is 4.09. The van der Waals surface area contributed by atoms with Gasteiger partial charge in [0.1, 0.15) is 5.82 Å². The Morgan fingerprint density at radius 2 is 1.96 bits per heavy atom. The van der Waals surface area contributed by atoms with Crippen LogP contribution in [-0.2, 0) is 0 Å². The van der Waals surface area contributed by atoms with Gasteiger partial charge in [-0.15, -0.1) is 0 Å². The van der Waals surface area contributed by atoms with Crippen LogP contribution in [0.2, 0.25) is 5.02 Å². The second kappa shape index (κ2) is 6.72. The molecule has 5 nitrogen and oxygen atoms in total. The summed E-state index contributed by atoms with van der Waals surface area (Å²) >= 11 is 6.08. The molecule has 0 fully saturated rings. The number of hydrogen-bond donors (Lipinski definition) is 1. The summed E-state index contributed by atoms with van der Waals surface area (Å²) < 4.78 is 2.06. The first-order valence-electron chi connectivity index (χ1n) is 8.04. The highest BCUT2D eigenvalue weighted by Crippen LogP contribution is 2.23. The number of fused-ring (bicyclic) bond motifs is 3. The molecule has 23 heavy (non-hydrogen) atoms. The summed E-state index contributed by atoms with van der Waals surface area (Å²) in [6.45, 7) is 10.4. The Kier molecular flexibility index (Phi) is 4.68. The van der Waals surface area contributed by atoms with Gasteiger partial charge >= 0.3 is 0 Å².